The van der Waals surface area contributed by atoms with Gasteiger partial charge in [-0.25, -0.2) is 13.6 Å². The van der Waals surface area contributed by atoms with Crippen molar-refractivity contribution in [3.8, 4) is 16.9 Å². The third-order valence-electron chi connectivity index (χ3n) is 3.75. The van der Waals surface area contributed by atoms with Crippen LogP contribution in [0.3, 0.4) is 0 Å². The molecular formula is C22H21F2NO3S. The Bertz CT molecular complexity index is 952. The van der Waals surface area contributed by atoms with Gasteiger partial charge in [-0.05, 0) is 55.1 Å². The number of hydrogen-bond donors (Lipinski definition) is 3. The minimum Gasteiger partial charge on any atom is -0.481 e. The Morgan fingerprint density at radius 2 is 1.76 bits per heavy atom. The maximum absolute atomic E-state index is 14.0. The van der Waals surface area contributed by atoms with Crippen LogP contribution in [0.4, 0.5) is 8.78 Å². The lowest BCUT2D eigenvalue weighted by molar-refractivity contribution is -0.139. The van der Waals surface area contributed by atoms with Crippen LogP contribution in [0.15, 0.2) is 71.6 Å². The maximum atomic E-state index is 14.0. The van der Waals surface area contributed by atoms with Gasteiger partial charge in [-0.3, -0.25) is 0 Å². The molecule has 0 atom stereocenters. The van der Waals surface area contributed by atoms with Gasteiger partial charge in [0.25, 0.3) is 0 Å². The third kappa shape index (κ3) is 7.21. The molecule has 0 fully saturated rings. The maximum Gasteiger partial charge on any atom is 0.341 e. The van der Waals surface area contributed by atoms with Crippen molar-refractivity contribution in [3.05, 3.63) is 83.9 Å². The summed E-state index contributed by atoms with van der Waals surface area (Å²) < 4.78 is 32.6. The van der Waals surface area contributed by atoms with E-state index in [1.807, 2.05) is 30.3 Å². The minimum atomic E-state index is -1.15. The lowest BCUT2D eigenvalue weighted by Crippen LogP contribution is -2.11. The fraction of sp³-hybridized carbons (Fsp3) is 0.136. The van der Waals surface area contributed by atoms with Crippen LogP contribution in [-0.4, -0.2) is 24.7 Å². The van der Waals surface area contributed by atoms with Crippen molar-refractivity contribution < 1.29 is 23.4 Å². The summed E-state index contributed by atoms with van der Waals surface area (Å²) in [7, 11) is 1.76. The summed E-state index contributed by atoms with van der Waals surface area (Å²) in [5.41, 5.74) is 1.17. The van der Waals surface area contributed by atoms with Crippen LogP contribution < -0.4 is 10.1 Å². The summed E-state index contributed by atoms with van der Waals surface area (Å²) >= 11 is 4.08. The molecule has 2 N–H and O–H groups in total. The summed E-state index contributed by atoms with van der Waals surface area (Å²) in [6, 6.07) is 17.8. The van der Waals surface area contributed by atoms with E-state index in [1.54, 1.807) is 25.2 Å². The van der Waals surface area contributed by atoms with Crippen molar-refractivity contribution in [2.75, 3.05) is 13.7 Å². The van der Waals surface area contributed by atoms with Crippen molar-refractivity contribution in [1.82, 2.24) is 5.32 Å². The molecule has 0 aliphatic carbocycles. The Labute approximate surface area is 173 Å². The predicted octanol–water partition coefficient (Wildman–Crippen LogP) is 4.79. The van der Waals surface area contributed by atoms with Crippen molar-refractivity contribution in [2.45, 2.75) is 11.4 Å². The lowest BCUT2D eigenvalue weighted by atomic mass is 10.0. The fourth-order valence-corrected chi connectivity index (χ4v) is 2.67. The number of nitrogens with one attached hydrogen (secondary N) is 1. The van der Waals surface area contributed by atoms with Crippen LogP contribution in [0, 0.1) is 11.6 Å². The van der Waals surface area contributed by atoms with E-state index in [4.69, 9.17) is 9.84 Å². The molecule has 0 aliphatic heterocycles. The number of carboxylic acid groups (broad SMARTS) is 1. The largest absolute Gasteiger partial charge is 0.481 e. The number of thiol groups is 1. The van der Waals surface area contributed by atoms with E-state index in [-0.39, 0.29) is 11.3 Å². The van der Waals surface area contributed by atoms with Gasteiger partial charge in [-0.2, -0.15) is 0 Å². The SMILES string of the molecule is CNCc1ccc(OCC(=O)O)c(-c2cc(F)ccc2F)c1.Sc1ccccc1. The summed E-state index contributed by atoms with van der Waals surface area (Å²) in [6.45, 7) is -0.0293. The second-order valence-electron chi connectivity index (χ2n) is 6.00. The van der Waals surface area contributed by atoms with Crippen molar-refractivity contribution in [1.29, 1.82) is 0 Å². The lowest BCUT2D eigenvalue weighted by Gasteiger charge is -2.13. The zero-order chi connectivity index (χ0) is 21.2. The van der Waals surface area contributed by atoms with Crippen molar-refractivity contribution in [3.63, 3.8) is 0 Å². The van der Waals surface area contributed by atoms with Gasteiger partial charge < -0.3 is 15.2 Å². The number of carboxylic acids is 1. The molecule has 0 aromatic heterocycles. The molecule has 0 heterocycles. The zero-order valence-corrected chi connectivity index (χ0v) is 16.6. The van der Waals surface area contributed by atoms with Crippen LogP contribution in [0.25, 0.3) is 11.1 Å². The first kappa shape index (κ1) is 22.4. The van der Waals surface area contributed by atoms with Crippen molar-refractivity contribution >= 4 is 18.6 Å². The highest BCUT2D eigenvalue weighted by Crippen LogP contribution is 2.33. The fourth-order valence-electron chi connectivity index (χ4n) is 2.50. The topological polar surface area (TPSA) is 58.6 Å². The van der Waals surface area contributed by atoms with Gasteiger partial charge in [-0.1, -0.05) is 24.3 Å². The monoisotopic (exact) mass is 417 g/mol. The molecule has 0 radical (unpaired) electrons. The van der Waals surface area contributed by atoms with Gasteiger partial charge in [0.15, 0.2) is 6.61 Å². The summed E-state index contributed by atoms with van der Waals surface area (Å²) in [5.74, 6) is -2.15. The van der Waals surface area contributed by atoms with Crippen molar-refractivity contribution in [2.24, 2.45) is 0 Å². The van der Waals surface area contributed by atoms with Crippen LogP contribution in [0.2, 0.25) is 0 Å². The zero-order valence-electron chi connectivity index (χ0n) is 15.7. The molecule has 0 amide bonds. The first-order valence-electron chi connectivity index (χ1n) is 8.72. The van der Waals surface area contributed by atoms with E-state index in [1.165, 1.54) is 0 Å². The standard InChI is InChI=1S/C16H15F2NO3.C6H6S/c1-19-8-10-2-5-15(22-9-16(20)21)13(6-10)12-7-11(17)3-4-14(12)18;7-6-4-2-1-3-5-6/h2-7,19H,8-9H2,1H3,(H,20,21);1-5,7H. The normalized spacial score (nSPS) is 10.1. The molecule has 4 nitrogen and oxygen atoms in total. The summed E-state index contributed by atoms with van der Waals surface area (Å²) in [6.07, 6.45) is 0. The molecule has 0 saturated heterocycles. The van der Waals surface area contributed by atoms with Gasteiger partial charge in [0, 0.05) is 22.6 Å². The number of hydrogen-bond acceptors (Lipinski definition) is 4. The Morgan fingerprint density at radius 1 is 1.03 bits per heavy atom. The quantitative estimate of drug-likeness (QED) is 0.505. The first-order chi connectivity index (χ1) is 13.9. The molecule has 0 unspecified atom stereocenters. The average Bonchev–Trinajstić information content (AvgIpc) is 2.70. The third-order valence-corrected chi connectivity index (χ3v) is 4.05. The molecule has 29 heavy (non-hydrogen) atoms. The van der Waals surface area contributed by atoms with Gasteiger partial charge >= 0.3 is 5.97 Å². The van der Waals surface area contributed by atoms with Gasteiger partial charge in [0.1, 0.15) is 17.4 Å². The molecular weight excluding hydrogens is 396 g/mol. The molecule has 0 saturated carbocycles. The number of benzene rings is 3. The number of aliphatic carboxylic acids is 1. The average molecular weight is 417 g/mol. The van der Waals surface area contributed by atoms with Gasteiger partial charge in [0.2, 0.25) is 0 Å². The second kappa shape index (κ2) is 11.2. The number of ether oxygens (including phenoxy) is 1. The molecule has 3 rings (SSSR count). The summed E-state index contributed by atoms with van der Waals surface area (Å²) in [4.78, 5) is 11.7. The Hall–Kier alpha value is -2.90. The van der Waals surface area contributed by atoms with E-state index in [2.05, 4.69) is 17.9 Å². The van der Waals surface area contributed by atoms with E-state index in [9.17, 15) is 13.6 Å². The number of carbonyl (C=O) groups is 1. The van der Waals surface area contributed by atoms with E-state index in [0.29, 0.717) is 12.1 Å². The highest BCUT2D eigenvalue weighted by molar-refractivity contribution is 7.80. The molecule has 3 aromatic rings. The molecule has 0 aliphatic rings. The molecule has 3 aromatic carbocycles. The summed E-state index contributed by atoms with van der Waals surface area (Å²) in [5, 5.41) is 11.7. The highest BCUT2D eigenvalue weighted by atomic mass is 32.1. The Morgan fingerprint density at radius 3 is 2.34 bits per heavy atom. The van der Waals surface area contributed by atoms with E-state index in [0.717, 1.165) is 28.7 Å². The van der Waals surface area contributed by atoms with Crippen LogP contribution >= 0.6 is 12.6 Å². The molecule has 0 spiro atoms. The number of rotatable bonds is 6. The predicted molar refractivity (Wildman–Crippen MR) is 111 cm³/mol. The number of halogens is 2. The first-order valence-corrected chi connectivity index (χ1v) is 9.17. The van der Waals surface area contributed by atoms with E-state index >= 15 is 0 Å². The Kier molecular flexibility index (Phi) is 8.64. The van der Waals surface area contributed by atoms with Gasteiger partial charge in [0.05, 0.1) is 0 Å². The van der Waals surface area contributed by atoms with Crippen LogP contribution in [0.1, 0.15) is 5.56 Å². The van der Waals surface area contributed by atoms with Crippen LogP contribution in [-0.2, 0) is 11.3 Å². The van der Waals surface area contributed by atoms with E-state index < -0.39 is 24.2 Å². The molecule has 7 heteroatoms. The smallest absolute Gasteiger partial charge is 0.341 e. The molecule has 152 valence electrons. The minimum absolute atomic E-state index is 0.0262. The molecule has 0 bridgehead atoms. The second-order valence-corrected chi connectivity index (χ2v) is 6.52. The highest BCUT2D eigenvalue weighted by Gasteiger charge is 2.14. The van der Waals surface area contributed by atoms with Crippen LogP contribution in [0.5, 0.6) is 5.75 Å². The van der Waals surface area contributed by atoms with Gasteiger partial charge in [-0.15, -0.1) is 12.6 Å². The Balaban J connectivity index is 0.000000360.